The SMILES string of the molecule is O=C(O)c1sc(-c2ccccc2)cc1NCc1ccccc1. The number of anilines is 1. The Balaban J connectivity index is 1.86. The zero-order valence-corrected chi connectivity index (χ0v) is 12.6. The van der Waals surface area contributed by atoms with Gasteiger partial charge in [0.1, 0.15) is 4.88 Å². The second kappa shape index (κ2) is 6.45. The van der Waals surface area contributed by atoms with Gasteiger partial charge in [-0.05, 0) is 17.2 Å². The number of carbonyl (C=O) groups is 1. The lowest BCUT2D eigenvalue weighted by Gasteiger charge is -2.05. The van der Waals surface area contributed by atoms with Crippen LogP contribution in [0.5, 0.6) is 0 Å². The average Bonchev–Trinajstić information content (AvgIpc) is 2.99. The van der Waals surface area contributed by atoms with Crippen LogP contribution in [-0.4, -0.2) is 11.1 Å². The van der Waals surface area contributed by atoms with Crippen LogP contribution >= 0.6 is 11.3 Å². The summed E-state index contributed by atoms with van der Waals surface area (Å²) in [6.07, 6.45) is 0. The van der Waals surface area contributed by atoms with Crippen LogP contribution in [0.1, 0.15) is 15.2 Å². The van der Waals surface area contributed by atoms with E-state index >= 15 is 0 Å². The highest BCUT2D eigenvalue weighted by atomic mass is 32.1. The maximum absolute atomic E-state index is 11.4. The molecule has 4 heteroatoms. The molecule has 3 aromatic rings. The van der Waals surface area contributed by atoms with E-state index in [0.717, 1.165) is 16.0 Å². The van der Waals surface area contributed by atoms with Crippen LogP contribution in [-0.2, 0) is 6.54 Å². The molecule has 110 valence electrons. The molecule has 2 aromatic carbocycles. The van der Waals surface area contributed by atoms with Crippen molar-refractivity contribution in [3.63, 3.8) is 0 Å². The van der Waals surface area contributed by atoms with E-state index < -0.39 is 5.97 Å². The van der Waals surface area contributed by atoms with Crippen LogP contribution < -0.4 is 5.32 Å². The highest BCUT2D eigenvalue weighted by Crippen LogP contribution is 2.35. The van der Waals surface area contributed by atoms with Crippen molar-refractivity contribution >= 4 is 23.0 Å². The molecule has 0 fully saturated rings. The summed E-state index contributed by atoms with van der Waals surface area (Å²) in [7, 11) is 0. The van der Waals surface area contributed by atoms with Crippen molar-refractivity contribution in [3.8, 4) is 10.4 Å². The van der Waals surface area contributed by atoms with Crippen LogP contribution in [0.3, 0.4) is 0 Å². The first-order valence-electron chi connectivity index (χ1n) is 6.94. The van der Waals surface area contributed by atoms with E-state index in [1.54, 1.807) is 0 Å². The third kappa shape index (κ3) is 3.18. The summed E-state index contributed by atoms with van der Waals surface area (Å²) in [6.45, 7) is 0.603. The molecule has 2 N–H and O–H groups in total. The van der Waals surface area contributed by atoms with Gasteiger partial charge in [0.15, 0.2) is 0 Å². The molecule has 0 unspecified atom stereocenters. The summed E-state index contributed by atoms with van der Waals surface area (Å²) in [4.78, 5) is 12.7. The van der Waals surface area contributed by atoms with Gasteiger partial charge in [0.2, 0.25) is 0 Å². The zero-order chi connectivity index (χ0) is 15.4. The Labute approximate surface area is 132 Å². The summed E-state index contributed by atoms with van der Waals surface area (Å²) in [6, 6.07) is 21.7. The molecule has 0 amide bonds. The van der Waals surface area contributed by atoms with E-state index in [0.29, 0.717) is 17.1 Å². The number of benzene rings is 2. The van der Waals surface area contributed by atoms with Crippen LogP contribution in [0, 0.1) is 0 Å². The molecular formula is C18H15NO2S. The van der Waals surface area contributed by atoms with E-state index in [-0.39, 0.29) is 0 Å². The third-order valence-electron chi connectivity index (χ3n) is 3.31. The topological polar surface area (TPSA) is 49.3 Å². The van der Waals surface area contributed by atoms with E-state index in [9.17, 15) is 9.90 Å². The molecule has 0 aliphatic rings. The third-order valence-corrected chi connectivity index (χ3v) is 4.48. The number of carboxylic acids is 1. The first kappa shape index (κ1) is 14.4. The molecule has 1 heterocycles. The zero-order valence-electron chi connectivity index (χ0n) is 11.8. The summed E-state index contributed by atoms with van der Waals surface area (Å²) in [5, 5.41) is 12.6. The van der Waals surface area contributed by atoms with Crippen molar-refractivity contribution in [2.45, 2.75) is 6.54 Å². The Morgan fingerprint density at radius 1 is 1.00 bits per heavy atom. The number of rotatable bonds is 5. The second-order valence-electron chi connectivity index (χ2n) is 4.86. The minimum atomic E-state index is -0.900. The summed E-state index contributed by atoms with van der Waals surface area (Å²) in [5.74, 6) is -0.900. The molecule has 0 bridgehead atoms. The molecule has 22 heavy (non-hydrogen) atoms. The molecule has 0 radical (unpaired) electrons. The first-order valence-corrected chi connectivity index (χ1v) is 7.76. The number of carboxylic acid groups (broad SMARTS) is 1. The number of aromatic carboxylic acids is 1. The van der Waals surface area contributed by atoms with Crippen molar-refractivity contribution in [3.05, 3.63) is 77.2 Å². The van der Waals surface area contributed by atoms with Crippen molar-refractivity contribution in [2.75, 3.05) is 5.32 Å². The predicted molar refractivity (Wildman–Crippen MR) is 90.5 cm³/mol. The fraction of sp³-hybridized carbons (Fsp3) is 0.0556. The van der Waals surface area contributed by atoms with Crippen molar-refractivity contribution in [1.82, 2.24) is 0 Å². The van der Waals surface area contributed by atoms with Gasteiger partial charge in [-0.3, -0.25) is 0 Å². The lowest BCUT2D eigenvalue weighted by molar-refractivity contribution is 0.0703. The van der Waals surface area contributed by atoms with Crippen LogP contribution in [0.2, 0.25) is 0 Å². The van der Waals surface area contributed by atoms with Crippen LogP contribution in [0.15, 0.2) is 66.7 Å². The Hall–Kier alpha value is -2.59. The van der Waals surface area contributed by atoms with Gasteiger partial charge in [-0.25, -0.2) is 4.79 Å². The van der Waals surface area contributed by atoms with Crippen molar-refractivity contribution in [1.29, 1.82) is 0 Å². The van der Waals surface area contributed by atoms with Gasteiger partial charge >= 0.3 is 5.97 Å². The van der Waals surface area contributed by atoms with E-state index in [1.165, 1.54) is 11.3 Å². The van der Waals surface area contributed by atoms with Gasteiger partial charge in [0, 0.05) is 11.4 Å². The minimum absolute atomic E-state index is 0.342. The Morgan fingerprint density at radius 3 is 2.27 bits per heavy atom. The van der Waals surface area contributed by atoms with Gasteiger partial charge in [0.05, 0.1) is 5.69 Å². The van der Waals surface area contributed by atoms with Gasteiger partial charge in [-0.1, -0.05) is 60.7 Å². The largest absolute Gasteiger partial charge is 0.477 e. The molecule has 3 rings (SSSR count). The van der Waals surface area contributed by atoms with E-state index in [4.69, 9.17) is 0 Å². The molecule has 1 aromatic heterocycles. The highest BCUT2D eigenvalue weighted by molar-refractivity contribution is 7.18. The van der Waals surface area contributed by atoms with Gasteiger partial charge in [-0.2, -0.15) is 0 Å². The lowest BCUT2D eigenvalue weighted by Crippen LogP contribution is -2.03. The quantitative estimate of drug-likeness (QED) is 0.716. The summed E-state index contributed by atoms with van der Waals surface area (Å²) >= 11 is 1.29. The van der Waals surface area contributed by atoms with E-state index in [2.05, 4.69) is 5.32 Å². The predicted octanol–water partition coefficient (Wildman–Crippen LogP) is 4.73. The van der Waals surface area contributed by atoms with Crippen LogP contribution in [0.4, 0.5) is 5.69 Å². The molecule has 0 saturated heterocycles. The van der Waals surface area contributed by atoms with Crippen molar-refractivity contribution < 1.29 is 9.90 Å². The monoisotopic (exact) mass is 309 g/mol. The molecule has 0 aliphatic carbocycles. The fourth-order valence-electron chi connectivity index (χ4n) is 2.22. The van der Waals surface area contributed by atoms with Gasteiger partial charge in [0.25, 0.3) is 0 Å². The molecule has 0 saturated carbocycles. The van der Waals surface area contributed by atoms with E-state index in [1.807, 2.05) is 66.7 Å². The molecule has 0 spiro atoms. The average molecular weight is 309 g/mol. The number of hydrogen-bond acceptors (Lipinski definition) is 3. The number of thiophene rings is 1. The number of nitrogens with one attached hydrogen (secondary N) is 1. The Morgan fingerprint density at radius 2 is 1.64 bits per heavy atom. The van der Waals surface area contributed by atoms with Gasteiger partial charge in [-0.15, -0.1) is 11.3 Å². The normalized spacial score (nSPS) is 10.4. The minimum Gasteiger partial charge on any atom is -0.477 e. The Bertz CT molecular complexity index is 766. The van der Waals surface area contributed by atoms with Gasteiger partial charge < -0.3 is 10.4 Å². The number of hydrogen-bond donors (Lipinski definition) is 2. The van der Waals surface area contributed by atoms with Crippen molar-refractivity contribution in [2.24, 2.45) is 0 Å². The maximum Gasteiger partial charge on any atom is 0.348 e. The van der Waals surface area contributed by atoms with Crippen LogP contribution in [0.25, 0.3) is 10.4 Å². The summed E-state index contributed by atoms with van der Waals surface area (Å²) < 4.78 is 0. The fourth-order valence-corrected chi connectivity index (χ4v) is 3.20. The molecule has 0 aliphatic heterocycles. The molecular weight excluding hydrogens is 294 g/mol. The first-order chi connectivity index (χ1) is 10.7. The lowest BCUT2D eigenvalue weighted by atomic mass is 10.2. The standard InChI is InChI=1S/C18H15NO2S/c20-18(21)17-15(19-12-13-7-3-1-4-8-13)11-16(22-17)14-9-5-2-6-10-14/h1-11,19H,12H2,(H,20,21). The maximum atomic E-state index is 11.4. The Kier molecular flexibility index (Phi) is 4.21. The second-order valence-corrected chi connectivity index (χ2v) is 5.92. The molecule has 0 atom stereocenters. The molecule has 3 nitrogen and oxygen atoms in total. The highest BCUT2D eigenvalue weighted by Gasteiger charge is 2.16. The smallest absolute Gasteiger partial charge is 0.348 e. The summed E-state index contributed by atoms with van der Waals surface area (Å²) in [5.41, 5.74) is 2.81.